The molecule has 0 radical (unpaired) electrons. The quantitative estimate of drug-likeness (QED) is 0.473. The zero-order valence-electron chi connectivity index (χ0n) is 13.7. The number of esters is 4. The normalized spacial score (nSPS) is 27.0. The van der Waals surface area contributed by atoms with Gasteiger partial charge in [-0.1, -0.05) is 0 Å². The molecule has 0 aliphatic carbocycles. The average molecular weight is 348 g/mol. The van der Waals surface area contributed by atoms with E-state index in [4.69, 9.17) is 23.7 Å². The van der Waals surface area contributed by atoms with Crippen LogP contribution in [-0.4, -0.2) is 66.3 Å². The summed E-state index contributed by atoms with van der Waals surface area (Å²) in [4.78, 5) is 44.7. The van der Waals surface area contributed by atoms with Gasteiger partial charge in [-0.3, -0.25) is 19.2 Å². The Hall–Kier alpha value is -2.20. The lowest BCUT2D eigenvalue weighted by molar-refractivity contribution is -0.184. The van der Waals surface area contributed by atoms with E-state index in [-0.39, 0.29) is 0 Å². The molecule has 0 bridgehead atoms. The lowest BCUT2D eigenvalue weighted by Gasteiger charge is -2.27. The van der Waals surface area contributed by atoms with Gasteiger partial charge >= 0.3 is 23.9 Å². The minimum Gasteiger partial charge on any atom is -0.462 e. The van der Waals surface area contributed by atoms with E-state index in [1.807, 2.05) is 0 Å². The van der Waals surface area contributed by atoms with Gasteiger partial charge in [0.1, 0.15) is 12.7 Å². The van der Waals surface area contributed by atoms with E-state index in [1.54, 1.807) is 0 Å². The van der Waals surface area contributed by atoms with Crippen LogP contribution >= 0.6 is 0 Å². The van der Waals surface area contributed by atoms with E-state index < -0.39 is 61.2 Å². The van der Waals surface area contributed by atoms with Gasteiger partial charge in [0.15, 0.2) is 24.6 Å². The van der Waals surface area contributed by atoms with Crippen molar-refractivity contribution in [3.63, 3.8) is 0 Å². The first-order valence-corrected chi connectivity index (χ1v) is 7.10. The number of carbonyl (C=O) groups excluding carboxylic acids is 4. The summed E-state index contributed by atoms with van der Waals surface area (Å²) in [6, 6.07) is 0. The second-order valence-electron chi connectivity index (χ2n) is 5.09. The van der Waals surface area contributed by atoms with Crippen molar-refractivity contribution in [1.82, 2.24) is 0 Å². The molecule has 0 saturated carbocycles. The van der Waals surface area contributed by atoms with Gasteiger partial charge in [0.05, 0.1) is 0 Å². The van der Waals surface area contributed by atoms with Crippen LogP contribution in [0.25, 0.3) is 0 Å². The van der Waals surface area contributed by atoms with Gasteiger partial charge in [-0.15, -0.1) is 0 Å². The van der Waals surface area contributed by atoms with Crippen molar-refractivity contribution in [2.24, 2.45) is 0 Å². The molecular weight excluding hydrogens is 328 g/mol. The Balaban J connectivity index is 3.03. The lowest BCUT2D eigenvalue weighted by Crippen LogP contribution is -2.46. The van der Waals surface area contributed by atoms with E-state index in [9.17, 15) is 24.3 Å². The highest BCUT2D eigenvalue weighted by atomic mass is 16.7. The van der Waals surface area contributed by atoms with E-state index in [2.05, 4.69) is 0 Å². The van der Waals surface area contributed by atoms with Gasteiger partial charge in [-0.2, -0.15) is 0 Å². The standard InChI is InChI=1S/C14H20O10/c1-6(15)20-5-10(21-7(2)16)11-12(22-8(3)17)13(14(19)24-11)23-9(4)18/h10-14,19H,5H2,1-4H3/t10-,11-,12+,13+,14+/m1/s1. The van der Waals surface area contributed by atoms with Crippen molar-refractivity contribution in [2.75, 3.05) is 6.61 Å². The first kappa shape index (κ1) is 19.8. The molecule has 0 spiro atoms. The number of aliphatic hydroxyl groups excluding tert-OH is 1. The average Bonchev–Trinajstić information content (AvgIpc) is 2.70. The molecule has 0 unspecified atom stereocenters. The maximum atomic E-state index is 11.3. The summed E-state index contributed by atoms with van der Waals surface area (Å²) in [6.45, 7) is 4.10. The van der Waals surface area contributed by atoms with Gasteiger partial charge in [0, 0.05) is 27.7 Å². The van der Waals surface area contributed by atoms with Gasteiger partial charge in [0.2, 0.25) is 0 Å². The highest BCUT2D eigenvalue weighted by Gasteiger charge is 2.52. The number of carbonyl (C=O) groups is 4. The number of ether oxygens (including phenoxy) is 5. The van der Waals surface area contributed by atoms with Gasteiger partial charge < -0.3 is 28.8 Å². The second kappa shape index (κ2) is 8.60. The third-order valence-electron chi connectivity index (χ3n) is 2.96. The molecule has 10 heteroatoms. The summed E-state index contributed by atoms with van der Waals surface area (Å²) in [7, 11) is 0. The Morgan fingerprint density at radius 1 is 0.917 bits per heavy atom. The maximum Gasteiger partial charge on any atom is 0.303 e. The Morgan fingerprint density at radius 2 is 1.46 bits per heavy atom. The van der Waals surface area contributed by atoms with E-state index >= 15 is 0 Å². The van der Waals surface area contributed by atoms with Crippen molar-refractivity contribution >= 4 is 23.9 Å². The minimum atomic E-state index is -1.61. The van der Waals surface area contributed by atoms with Crippen molar-refractivity contribution in [2.45, 2.75) is 58.4 Å². The SMILES string of the molecule is CC(=O)OC[C@@H](OC(C)=O)[C@H]1O[C@H](O)[C@@H](OC(C)=O)[C@H]1OC(C)=O. The van der Waals surface area contributed by atoms with Crippen LogP contribution in [0.2, 0.25) is 0 Å². The molecule has 0 aromatic rings. The van der Waals surface area contributed by atoms with Gasteiger partial charge in [0.25, 0.3) is 0 Å². The van der Waals surface area contributed by atoms with E-state index in [0.29, 0.717) is 0 Å². The molecule has 136 valence electrons. The monoisotopic (exact) mass is 348 g/mol. The molecule has 1 fully saturated rings. The smallest absolute Gasteiger partial charge is 0.303 e. The van der Waals surface area contributed by atoms with Crippen LogP contribution in [0.1, 0.15) is 27.7 Å². The Bertz CT molecular complexity index is 502. The number of rotatable bonds is 6. The summed E-state index contributed by atoms with van der Waals surface area (Å²) in [5, 5.41) is 9.91. The molecule has 1 aliphatic heterocycles. The molecule has 1 N–H and O–H groups in total. The van der Waals surface area contributed by atoms with Crippen molar-refractivity contribution in [1.29, 1.82) is 0 Å². The molecule has 0 aromatic carbocycles. The molecule has 5 atom stereocenters. The lowest BCUT2D eigenvalue weighted by atomic mass is 10.1. The highest BCUT2D eigenvalue weighted by Crippen LogP contribution is 2.29. The first-order chi connectivity index (χ1) is 11.1. The van der Waals surface area contributed by atoms with E-state index in [1.165, 1.54) is 0 Å². The van der Waals surface area contributed by atoms with Crippen LogP contribution in [0.4, 0.5) is 0 Å². The fraction of sp³-hybridized carbons (Fsp3) is 0.714. The van der Waals surface area contributed by atoms with Crippen molar-refractivity contribution in [3.05, 3.63) is 0 Å². The molecule has 1 heterocycles. The second-order valence-corrected chi connectivity index (χ2v) is 5.09. The Morgan fingerprint density at radius 3 is 1.92 bits per heavy atom. The van der Waals surface area contributed by atoms with Crippen LogP contribution < -0.4 is 0 Å². The Labute approximate surface area is 137 Å². The Kier molecular flexibility index (Phi) is 7.11. The van der Waals surface area contributed by atoms with Crippen LogP contribution in [0.3, 0.4) is 0 Å². The molecule has 10 nitrogen and oxygen atoms in total. The summed E-state index contributed by atoms with van der Waals surface area (Å²) in [5.41, 5.74) is 0. The third kappa shape index (κ3) is 5.78. The van der Waals surface area contributed by atoms with Gasteiger partial charge in [-0.05, 0) is 0 Å². The summed E-state index contributed by atoms with van der Waals surface area (Å²) in [6.07, 6.45) is -6.55. The van der Waals surface area contributed by atoms with Crippen LogP contribution in [0.5, 0.6) is 0 Å². The van der Waals surface area contributed by atoms with Crippen molar-refractivity contribution in [3.8, 4) is 0 Å². The zero-order valence-corrected chi connectivity index (χ0v) is 13.7. The topological polar surface area (TPSA) is 135 Å². The van der Waals surface area contributed by atoms with Crippen LogP contribution in [0.15, 0.2) is 0 Å². The summed E-state index contributed by atoms with van der Waals surface area (Å²) >= 11 is 0. The molecule has 0 aromatic heterocycles. The molecule has 1 saturated heterocycles. The largest absolute Gasteiger partial charge is 0.462 e. The fourth-order valence-corrected chi connectivity index (χ4v) is 2.22. The fourth-order valence-electron chi connectivity index (χ4n) is 2.22. The first-order valence-electron chi connectivity index (χ1n) is 7.10. The van der Waals surface area contributed by atoms with Crippen molar-refractivity contribution < 1.29 is 48.0 Å². The van der Waals surface area contributed by atoms with Crippen LogP contribution in [-0.2, 0) is 42.9 Å². The van der Waals surface area contributed by atoms with Gasteiger partial charge in [-0.25, -0.2) is 0 Å². The zero-order chi connectivity index (χ0) is 18.4. The third-order valence-corrected chi connectivity index (χ3v) is 2.96. The predicted molar refractivity (Wildman–Crippen MR) is 74.2 cm³/mol. The molecular formula is C14H20O10. The minimum absolute atomic E-state index is 0.392. The number of hydrogen-bond donors (Lipinski definition) is 1. The summed E-state index contributed by atoms with van der Waals surface area (Å²) < 4.78 is 25.0. The van der Waals surface area contributed by atoms with E-state index in [0.717, 1.165) is 27.7 Å². The number of hydrogen-bond acceptors (Lipinski definition) is 10. The highest BCUT2D eigenvalue weighted by molar-refractivity contribution is 5.68. The predicted octanol–water partition coefficient (Wildman–Crippen LogP) is -0.938. The van der Waals surface area contributed by atoms with Crippen LogP contribution in [0, 0.1) is 0 Å². The maximum absolute atomic E-state index is 11.3. The molecule has 1 aliphatic rings. The molecule has 1 rings (SSSR count). The summed E-state index contributed by atoms with van der Waals surface area (Å²) in [5.74, 6) is -2.80. The number of aliphatic hydroxyl groups is 1. The molecule has 0 amide bonds. The molecule has 24 heavy (non-hydrogen) atoms.